The van der Waals surface area contributed by atoms with Gasteiger partial charge in [0.25, 0.3) is 0 Å². The van der Waals surface area contributed by atoms with Crippen LogP contribution in [0.1, 0.15) is 17.3 Å². The van der Waals surface area contributed by atoms with Crippen LogP contribution in [0.2, 0.25) is 5.02 Å². The highest BCUT2D eigenvalue weighted by Gasteiger charge is 2.20. The fraction of sp³-hybridized carbons (Fsp3) is 0.222. The molecule has 7 heteroatoms. The van der Waals surface area contributed by atoms with E-state index < -0.39 is 0 Å². The molecular weight excluding hydrogens is 356 g/mol. The van der Waals surface area contributed by atoms with Crippen molar-refractivity contribution in [1.29, 1.82) is 5.26 Å². The summed E-state index contributed by atoms with van der Waals surface area (Å²) < 4.78 is 5.76. The highest BCUT2D eigenvalue weighted by Crippen LogP contribution is 2.30. The maximum absolute atomic E-state index is 9.32. The van der Waals surface area contributed by atoms with Gasteiger partial charge in [-0.25, -0.2) is 0 Å². The molecule has 0 aliphatic heterocycles. The summed E-state index contributed by atoms with van der Waals surface area (Å²) in [4.78, 5) is 7.22. The zero-order valence-corrected chi connectivity index (χ0v) is 15.4. The van der Waals surface area contributed by atoms with Gasteiger partial charge in [0.05, 0.1) is 10.9 Å². The molecule has 0 aliphatic carbocycles. The molecular formula is C18H17ClN4OS. The molecule has 1 atom stereocenters. The third kappa shape index (κ3) is 3.85. The molecule has 5 nitrogen and oxygen atoms in total. The number of rotatable bonds is 6. The van der Waals surface area contributed by atoms with E-state index in [9.17, 15) is 5.26 Å². The lowest BCUT2D eigenvalue weighted by Gasteiger charge is -2.25. The van der Waals surface area contributed by atoms with Crippen LogP contribution < -0.4 is 5.32 Å². The number of hydrogen-bond acceptors (Lipinski definition) is 6. The van der Waals surface area contributed by atoms with Crippen molar-refractivity contribution >= 4 is 28.8 Å². The Hall–Kier alpha value is -2.33. The molecule has 0 saturated carbocycles. The van der Waals surface area contributed by atoms with E-state index >= 15 is 0 Å². The maximum atomic E-state index is 9.32. The molecule has 3 aromatic rings. The minimum absolute atomic E-state index is 0.0236. The molecule has 2 aromatic heterocycles. The number of halogens is 1. The van der Waals surface area contributed by atoms with Gasteiger partial charge in [-0.3, -0.25) is 0 Å². The van der Waals surface area contributed by atoms with Crippen LogP contribution in [-0.4, -0.2) is 30.5 Å². The van der Waals surface area contributed by atoms with Gasteiger partial charge in [-0.05, 0) is 37.2 Å². The Bertz CT molecular complexity index is 883. The molecule has 3 rings (SSSR count). The van der Waals surface area contributed by atoms with Crippen LogP contribution >= 0.6 is 22.9 Å². The largest absolute Gasteiger partial charge is 0.418 e. The lowest BCUT2D eigenvalue weighted by molar-refractivity contribution is 0.310. The molecule has 0 radical (unpaired) electrons. The molecule has 128 valence electrons. The van der Waals surface area contributed by atoms with Crippen molar-refractivity contribution in [2.75, 3.05) is 26.0 Å². The molecule has 0 bridgehead atoms. The molecule has 0 fully saturated rings. The first-order valence-corrected chi connectivity index (χ1v) is 8.95. The summed E-state index contributed by atoms with van der Waals surface area (Å²) in [6, 6.07) is 13.7. The summed E-state index contributed by atoms with van der Waals surface area (Å²) >= 11 is 7.85. The number of thiophene rings is 1. The van der Waals surface area contributed by atoms with Crippen molar-refractivity contribution in [2.45, 2.75) is 6.04 Å². The van der Waals surface area contributed by atoms with Gasteiger partial charge in [-0.2, -0.15) is 10.2 Å². The van der Waals surface area contributed by atoms with E-state index in [-0.39, 0.29) is 11.7 Å². The third-order valence-electron chi connectivity index (χ3n) is 3.81. The first-order valence-electron chi connectivity index (χ1n) is 7.69. The number of nitriles is 1. The van der Waals surface area contributed by atoms with Crippen LogP contribution in [-0.2, 0) is 0 Å². The van der Waals surface area contributed by atoms with Crippen molar-refractivity contribution in [1.82, 2.24) is 9.88 Å². The second kappa shape index (κ2) is 7.70. The Kier molecular flexibility index (Phi) is 5.39. The third-order valence-corrected chi connectivity index (χ3v) is 5.01. The molecule has 0 unspecified atom stereocenters. The molecule has 0 spiro atoms. The normalized spacial score (nSPS) is 12.1. The molecule has 0 saturated heterocycles. The maximum Gasteiger partial charge on any atom is 0.240 e. The Morgan fingerprint density at radius 3 is 2.76 bits per heavy atom. The zero-order chi connectivity index (χ0) is 17.8. The SMILES string of the molecule is CN(C)[C@H](CNc1oc(-c2cccs2)nc1C#N)c1ccccc1Cl. The van der Waals surface area contributed by atoms with Gasteiger partial charge in [0.2, 0.25) is 17.5 Å². The minimum atomic E-state index is 0.0236. The van der Waals surface area contributed by atoms with Gasteiger partial charge < -0.3 is 14.6 Å². The lowest BCUT2D eigenvalue weighted by atomic mass is 10.1. The number of anilines is 1. The first-order chi connectivity index (χ1) is 12.1. The number of oxazole rings is 1. The number of nitrogens with zero attached hydrogens (tertiary/aromatic N) is 3. The van der Waals surface area contributed by atoms with E-state index in [1.807, 2.05) is 55.9 Å². The molecule has 2 heterocycles. The molecule has 0 amide bonds. The highest BCUT2D eigenvalue weighted by atomic mass is 35.5. The molecule has 1 aromatic carbocycles. The topological polar surface area (TPSA) is 65.1 Å². The quantitative estimate of drug-likeness (QED) is 0.682. The van der Waals surface area contributed by atoms with E-state index in [1.54, 1.807) is 0 Å². The van der Waals surface area contributed by atoms with E-state index in [0.29, 0.717) is 23.3 Å². The van der Waals surface area contributed by atoms with Gasteiger partial charge >= 0.3 is 0 Å². The molecule has 25 heavy (non-hydrogen) atoms. The minimum Gasteiger partial charge on any atom is -0.418 e. The Morgan fingerprint density at radius 2 is 2.12 bits per heavy atom. The van der Waals surface area contributed by atoms with Crippen LogP contribution in [0.15, 0.2) is 46.2 Å². The number of nitrogens with one attached hydrogen (secondary N) is 1. The van der Waals surface area contributed by atoms with Gasteiger partial charge in [-0.1, -0.05) is 35.9 Å². The highest BCUT2D eigenvalue weighted by molar-refractivity contribution is 7.13. The number of likely N-dealkylation sites (N-methyl/N-ethyl adjacent to an activating group) is 1. The van der Waals surface area contributed by atoms with Crippen molar-refractivity contribution < 1.29 is 4.42 Å². The first kappa shape index (κ1) is 17.5. The molecule has 1 N–H and O–H groups in total. The Morgan fingerprint density at radius 1 is 1.32 bits per heavy atom. The smallest absolute Gasteiger partial charge is 0.240 e. The number of benzene rings is 1. The van der Waals surface area contributed by atoms with Crippen LogP contribution in [0.25, 0.3) is 10.8 Å². The summed E-state index contributed by atoms with van der Waals surface area (Å²) in [5.74, 6) is 0.831. The van der Waals surface area contributed by atoms with Crippen molar-refractivity contribution in [3.05, 3.63) is 58.1 Å². The molecule has 0 aliphatic rings. The van der Waals surface area contributed by atoms with Gasteiger partial charge in [-0.15, -0.1) is 11.3 Å². The summed E-state index contributed by atoms with van der Waals surface area (Å²) in [5.41, 5.74) is 1.26. The number of aromatic nitrogens is 1. The second-order valence-corrected chi connectivity index (χ2v) is 7.02. The standard InChI is InChI=1S/C18H17ClN4OS/c1-23(2)15(12-6-3-4-7-13(12)19)11-21-17-14(10-20)22-18(24-17)16-8-5-9-25-16/h3-9,15,21H,11H2,1-2H3/t15-/m1/s1. The summed E-state index contributed by atoms with van der Waals surface area (Å²) in [6.45, 7) is 0.532. The number of hydrogen-bond donors (Lipinski definition) is 1. The predicted molar refractivity (Wildman–Crippen MR) is 101 cm³/mol. The van der Waals surface area contributed by atoms with Crippen LogP contribution in [0.3, 0.4) is 0 Å². The van der Waals surface area contributed by atoms with Gasteiger partial charge in [0, 0.05) is 11.6 Å². The average molecular weight is 373 g/mol. The Balaban J connectivity index is 1.82. The summed E-state index contributed by atoms with van der Waals surface area (Å²) in [6.07, 6.45) is 0. The van der Waals surface area contributed by atoms with Crippen LogP contribution in [0.4, 0.5) is 5.88 Å². The van der Waals surface area contributed by atoms with Crippen molar-refractivity contribution in [3.63, 3.8) is 0 Å². The van der Waals surface area contributed by atoms with Gasteiger partial charge in [0.1, 0.15) is 6.07 Å². The van der Waals surface area contributed by atoms with Crippen molar-refractivity contribution in [3.8, 4) is 16.8 Å². The monoisotopic (exact) mass is 372 g/mol. The van der Waals surface area contributed by atoms with Crippen LogP contribution in [0, 0.1) is 11.3 Å². The zero-order valence-electron chi connectivity index (χ0n) is 13.9. The van der Waals surface area contributed by atoms with E-state index in [4.69, 9.17) is 16.0 Å². The summed E-state index contributed by atoms with van der Waals surface area (Å²) in [7, 11) is 3.97. The fourth-order valence-electron chi connectivity index (χ4n) is 2.53. The summed E-state index contributed by atoms with van der Waals surface area (Å²) in [5, 5.41) is 15.2. The van der Waals surface area contributed by atoms with Crippen LogP contribution in [0.5, 0.6) is 0 Å². The lowest BCUT2D eigenvalue weighted by Crippen LogP contribution is -2.27. The van der Waals surface area contributed by atoms with E-state index in [2.05, 4.69) is 21.3 Å². The van der Waals surface area contributed by atoms with E-state index in [1.165, 1.54) is 11.3 Å². The van der Waals surface area contributed by atoms with Gasteiger partial charge in [0.15, 0.2) is 0 Å². The predicted octanol–water partition coefficient (Wildman–Crippen LogP) is 4.64. The van der Waals surface area contributed by atoms with E-state index in [0.717, 1.165) is 10.4 Å². The Labute approximate surface area is 155 Å². The fourth-order valence-corrected chi connectivity index (χ4v) is 3.44. The average Bonchev–Trinajstić information content (AvgIpc) is 3.25. The second-order valence-electron chi connectivity index (χ2n) is 5.67. The van der Waals surface area contributed by atoms with Crippen molar-refractivity contribution in [2.24, 2.45) is 0 Å².